The predicted octanol–water partition coefficient (Wildman–Crippen LogP) is 5.02. The molecule has 0 radical (unpaired) electrons. The van der Waals surface area contributed by atoms with Crippen molar-refractivity contribution in [3.63, 3.8) is 0 Å². The minimum absolute atomic E-state index is 0.0394. The van der Waals surface area contributed by atoms with Crippen LogP contribution in [0, 0.1) is 0 Å². The molecule has 1 aliphatic rings. The summed E-state index contributed by atoms with van der Waals surface area (Å²) >= 11 is 0. The Balaban J connectivity index is 2.12. The summed E-state index contributed by atoms with van der Waals surface area (Å²) in [5, 5.41) is 2.55. The lowest BCUT2D eigenvalue weighted by atomic mass is 9.89. The van der Waals surface area contributed by atoms with E-state index in [9.17, 15) is 4.79 Å². The van der Waals surface area contributed by atoms with Crippen molar-refractivity contribution in [3.8, 4) is 0 Å². The van der Waals surface area contributed by atoms with Crippen molar-refractivity contribution < 1.29 is 9.22 Å². The van der Waals surface area contributed by atoms with Crippen LogP contribution >= 0.6 is 0 Å². The van der Waals surface area contributed by atoms with Gasteiger partial charge in [0.05, 0.1) is 6.10 Å². The van der Waals surface area contributed by atoms with Crippen molar-refractivity contribution in [3.05, 3.63) is 71.8 Å². The molecule has 0 spiro atoms. The Morgan fingerprint density at radius 1 is 0.929 bits per heavy atom. The first-order valence-electron chi connectivity index (χ1n) is 10.2. The highest BCUT2D eigenvalue weighted by Gasteiger charge is 2.51. The van der Waals surface area contributed by atoms with E-state index in [0.29, 0.717) is 12.2 Å². The molecule has 0 N–H and O–H groups in total. The van der Waals surface area contributed by atoms with Gasteiger partial charge in [0.1, 0.15) is 0 Å². The lowest BCUT2D eigenvalue weighted by Gasteiger charge is -2.46. The van der Waals surface area contributed by atoms with Crippen LogP contribution in [0.2, 0.25) is 5.04 Å². The molecule has 1 saturated carbocycles. The average Bonchev–Trinajstić information content (AvgIpc) is 2.67. The highest BCUT2D eigenvalue weighted by atomic mass is 28.4. The molecule has 0 aliphatic heterocycles. The zero-order valence-corrected chi connectivity index (χ0v) is 18.8. The molecule has 2 aromatic rings. The first-order valence-corrected chi connectivity index (χ1v) is 12.1. The maximum Gasteiger partial charge on any atom is 0.261 e. The molecule has 3 rings (SSSR count). The van der Waals surface area contributed by atoms with Crippen LogP contribution in [0.4, 0.5) is 0 Å². The molecule has 0 saturated heterocycles. The molecule has 3 heteroatoms. The lowest BCUT2D eigenvalue weighted by molar-refractivity contribution is -0.117. The molecule has 1 unspecified atom stereocenters. The van der Waals surface area contributed by atoms with E-state index in [1.807, 2.05) is 13.8 Å². The number of hydrogen-bond acceptors (Lipinski definition) is 2. The van der Waals surface area contributed by atoms with Crippen molar-refractivity contribution in [2.45, 2.75) is 65.0 Å². The number of carbonyl (C=O) groups excluding carboxylic acids is 1. The number of allylic oxidation sites excluding steroid dienone is 1. The molecule has 148 valence electrons. The zero-order chi connectivity index (χ0) is 20.4. The largest absolute Gasteiger partial charge is 0.404 e. The predicted molar refractivity (Wildman–Crippen MR) is 120 cm³/mol. The third-order valence-corrected chi connectivity index (χ3v) is 10.9. The molecular formula is C25H32O2Si. The summed E-state index contributed by atoms with van der Waals surface area (Å²) in [7, 11) is -2.56. The highest BCUT2D eigenvalue weighted by molar-refractivity contribution is 6.99. The number of rotatable bonds is 4. The third kappa shape index (κ3) is 3.92. The van der Waals surface area contributed by atoms with Crippen LogP contribution < -0.4 is 10.4 Å². The minimum atomic E-state index is -2.56. The van der Waals surface area contributed by atoms with Crippen molar-refractivity contribution >= 4 is 24.5 Å². The zero-order valence-electron chi connectivity index (χ0n) is 17.8. The maximum absolute atomic E-state index is 12.4. The van der Waals surface area contributed by atoms with Crippen LogP contribution in [0.1, 0.15) is 53.9 Å². The summed E-state index contributed by atoms with van der Waals surface area (Å²) in [5.74, 6) is 0.294. The summed E-state index contributed by atoms with van der Waals surface area (Å²) in [6.45, 7) is 11.0. The van der Waals surface area contributed by atoms with Crippen LogP contribution in [0.3, 0.4) is 0 Å². The van der Waals surface area contributed by atoms with Gasteiger partial charge in [-0.3, -0.25) is 4.79 Å². The second-order valence-electron chi connectivity index (χ2n) is 9.05. The summed E-state index contributed by atoms with van der Waals surface area (Å²) < 4.78 is 7.20. The molecule has 0 bridgehead atoms. The maximum atomic E-state index is 12.4. The van der Waals surface area contributed by atoms with Crippen molar-refractivity contribution in [1.29, 1.82) is 0 Å². The van der Waals surface area contributed by atoms with Crippen LogP contribution in [-0.4, -0.2) is 20.2 Å². The van der Waals surface area contributed by atoms with Gasteiger partial charge < -0.3 is 4.43 Å². The number of carbonyl (C=O) groups is 1. The molecule has 1 atom stereocenters. The SMILES string of the molecule is CC(C)=C1CC(O[Si](c2ccccc2)(c2ccccc2)C(C)(C)C)CCC1=O. The van der Waals surface area contributed by atoms with E-state index >= 15 is 0 Å². The number of hydrogen-bond donors (Lipinski definition) is 0. The molecule has 28 heavy (non-hydrogen) atoms. The van der Waals surface area contributed by atoms with Gasteiger partial charge in [-0.2, -0.15) is 0 Å². The Morgan fingerprint density at radius 2 is 1.43 bits per heavy atom. The van der Waals surface area contributed by atoms with Crippen LogP contribution in [-0.2, 0) is 9.22 Å². The number of Topliss-reactive ketones (excluding diaryl/α,β-unsaturated/α-hetero) is 1. The van der Waals surface area contributed by atoms with Crippen LogP contribution in [0.15, 0.2) is 71.8 Å². The molecule has 2 aromatic carbocycles. The quantitative estimate of drug-likeness (QED) is 0.539. The molecule has 1 aliphatic carbocycles. The van der Waals surface area contributed by atoms with E-state index in [1.165, 1.54) is 10.4 Å². The topological polar surface area (TPSA) is 26.3 Å². The molecule has 2 nitrogen and oxygen atoms in total. The molecule has 0 heterocycles. The van der Waals surface area contributed by atoms with E-state index in [4.69, 9.17) is 4.43 Å². The number of ketones is 1. The van der Waals surface area contributed by atoms with Crippen LogP contribution in [0.25, 0.3) is 0 Å². The number of benzene rings is 2. The summed E-state index contributed by atoms with van der Waals surface area (Å²) in [6, 6.07) is 21.5. The smallest absolute Gasteiger partial charge is 0.261 e. The van der Waals surface area contributed by atoms with Gasteiger partial charge >= 0.3 is 0 Å². The van der Waals surface area contributed by atoms with Gasteiger partial charge in [0.15, 0.2) is 5.78 Å². The second kappa shape index (κ2) is 8.18. The van der Waals surface area contributed by atoms with E-state index in [1.54, 1.807) is 0 Å². The van der Waals surface area contributed by atoms with E-state index in [0.717, 1.165) is 24.0 Å². The second-order valence-corrected chi connectivity index (χ2v) is 13.3. The van der Waals surface area contributed by atoms with Crippen molar-refractivity contribution in [2.24, 2.45) is 0 Å². The Labute approximate surface area is 170 Å². The third-order valence-electron chi connectivity index (χ3n) is 5.83. The Hall–Kier alpha value is -1.97. The summed E-state index contributed by atoms with van der Waals surface area (Å²) in [5.41, 5.74) is 2.09. The first kappa shape index (κ1) is 20.8. The van der Waals surface area contributed by atoms with E-state index in [2.05, 4.69) is 81.4 Å². The first-order chi connectivity index (χ1) is 13.3. The highest BCUT2D eigenvalue weighted by Crippen LogP contribution is 2.39. The molecule has 1 fully saturated rings. The van der Waals surface area contributed by atoms with Crippen molar-refractivity contribution in [1.82, 2.24) is 0 Å². The normalized spacial score (nSPS) is 18.2. The van der Waals surface area contributed by atoms with Gasteiger partial charge in [0.25, 0.3) is 8.32 Å². The van der Waals surface area contributed by atoms with Crippen LogP contribution in [0.5, 0.6) is 0 Å². The van der Waals surface area contributed by atoms with Gasteiger partial charge in [0.2, 0.25) is 0 Å². The Morgan fingerprint density at radius 3 is 1.86 bits per heavy atom. The lowest BCUT2D eigenvalue weighted by Crippen LogP contribution is -2.67. The summed E-state index contributed by atoms with van der Waals surface area (Å²) in [4.78, 5) is 12.4. The fourth-order valence-electron chi connectivity index (χ4n) is 4.41. The fourth-order valence-corrected chi connectivity index (χ4v) is 9.13. The monoisotopic (exact) mass is 392 g/mol. The average molecular weight is 393 g/mol. The minimum Gasteiger partial charge on any atom is -0.404 e. The van der Waals surface area contributed by atoms with E-state index < -0.39 is 8.32 Å². The summed E-state index contributed by atoms with van der Waals surface area (Å²) in [6.07, 6.45) is 2.20. The molecular weight excluding hydrogens is 360 g/mol. The Kier molecular flexibility index (Phi) is 6.06. The van der Waals surface area contributed by atoms with Gasteiger partial charge in [-0.1, -0.05) is 87.0 Å². The fraction of sp³-hybridized carbons (Fsp3) is 0.400. The van der Waals surface area contributed by atoms with Gasteiger partial charge in [-0.15, -0.1) is 0 Å². The van der Waals surface area contributed by atoms with Gasteiger partial charge in [-0.25, -0.2) is 0 Å². The molecule has 0 amide bonds. The van der Waals surface area contributed by atoms with Crippen molar-refractivity contribution in [2.75, 3.05) is 0 Å². The van der Waals surface area contributed by atoms with E-state index in [-0.39, 0.29) is 11.1 Å². The Bertz CT molecular complexity index is 804. The standard InChI is InChI=1S/C25H32O2Si/c1-19(2)23-18-20(16-17-24(23)26)27-28(25(3,4)5,21-12-8-6-9-13-21)22-14-10-7-11-15-22/h6-15,20H,16-18H2,1-5H3. The molecule has 0 aromatic heterocycles. The van der Waals surface area contributed by atoms with Gasteiger partial charge in [-0.05, 0) is 41.3 Å². The van der Waals surface area contributed by atoms with Gasteiger partial charge in [0, 0.05) is 12.8 Å².